The highest BCUT2D eigenvalue weighted by Crippen LogP contribution is 1.82. The minimum absolute atomic E-state index is 0.897. The second kappa shape index (κ2) is 5.77. The average Bonchev–Trinajstić information content (AvgIpc) is 1.89. The van der Waals surface area contributed by atoms with E-state index in [1.807, 2.05) is 32.1 Å². The summed E-state index contributed by atoms with van der Waals surface area (Å²) in [6.45, 7) is 3.80. The lowest BCUT2D eigenvalue weighted by Gasteiger charge is -1.82. The summed E-state index contributed by atoms with van der Waals surface area (Å²) in [5.41, 5.74) is 0.897. The van der Waals surface area contributed by atoms with Gasteiger partial charge in [-0.15, -0.1) is 0 Å². The zero-order chi connectivity index (χ0) is 7.82. The van der Waals surface area contributed by atoms with Crippen molar-refractivity contribution in [1.82, 2.24) is 0 Å². The molecule has 0 aliphatic carbocycles. The molecule has 52 valence electrons. The molecule has 0 saturated carbocycles. The van der Waals surface area contributed by atoms with Crippen molar-refractivity contribution < 1.29 is 0 Å². The van der Waals surface area contributed by atoms with Gasteiger partial charge in [0.1, 0.15) is 0 Å². The molecule has 0 aliphatic heterocycles. The van der Waals surface area contributed by atoms with Gasteiger partial charge in [0.15, 0.2) is 0 Å². The molecule has 0 radical (unpaired) electrons. The van der Waals surface area contributed by atoms with Crippen molar-refractivity contribution >= 4 is 5.71 Å². The molecule has 0 N–H and O–H groups in total. The van der Waals surface area contributed by atoms with Crippen LogP contribution in [0.5, 0.6) is 0 Å². The smallest absolute Gasteiger partial charge is 0.0928 e. The van der Waals surface area contributed by atoms with Gasteiger partial charge in [-0.1, -0.05) is 6.08 Å². The van der Waals surface area contributed by atoms with Gasteiger partial charge in [-0.3, -0.25) is 4.99 Å². The van der Waals surface area contributed by atoms with Crippen LogP contribution in [0.3, 0.4) is 0 Å². The number of rotatable bonds is 2. The van der Waals surface area contributed by atoms with E-state index in [0.29, 0.717) is 0 Å². The zero-order valence-electron chi connectivity index (χ0n) is 6.20. The van der Waals surface area contributed by atoms with Crippen LogP contribution in [0, 0.1) is 11.3 Å². The Hall–Kier alpha value is -1.36. The SMILES string of the molecule is C/C=C/C(C)=N/C=C/C#N. The van der Waals surface area contributed by atoms with Crippen LogP contribution in [-0.2, 0) is 0 Å². The Labute approximate surface area is 61.2 Å². The first-order chi connectivity index (χ1) is 4.81. The van der Waals surface area contributed by atoms with Crippen LogP contribution in [0.25, 0.3) is 0 Å². The first kappa shape index (κ1) is 8.64. The van der Waals surface area contributed by atoms with Gasteiger partial charge < -0.3 is 0 Å². The maximum absolute atomic E-state index is 8.08. The van der Waals surface area contributed by atoms with E-state index in [1.54, 1.807) is 0 Å². The van der Waals surface area contributed by atoms with Crippen molar-refractivity contribution in [3.8, 4) is 6.07 Å². The minimum atomic E-state index is 0.897. The van der Waals surface area contributed by atoms with Gasteiger partial charge in [0.2, 0.25) is 0 Å². The molecule has 0 aromatic rings. The lowest BCUT2D eigenvalue weighted by molar-refractivity contribution is 1.50. The fraction of sp³-hybridized carbons (Fsp3) is 0.250. The van der Waals surface area contributed by atoms with Crippen molar-refractivity contribution in [2.45, 2.75) is 13.8 Å². The van der Waals surface area contributed by atoms with E-state index in [2.05, 4.69) is 4.99 Å². The predicted molar refractivity (Wildman–Crippen MR) is 42.7 cm³/mol. The fourth-order valence-electron chi connectivity index (χ4n) is 0.472. The third kappa shape index (κ3) is 4.79. The van der Waals surface area contributed by atoms with Gasteiger partial charge in [0.25, 0.3) is 0 Å². The van der Waals surface area contributed by atoms with Crippen LogP contribution in [0.15, 0.2) is 29.4 Å². The summed E-state index contributed by atoms with van der Waals surface area (Å²) in [7, 11) is 0. The summed E-state index contributed by atoms with van der Waals surface area (Å²) in [4.78, 5) is 3.93. The van der Waals surface area contributed by atoms with E-state index in [0.717, 1.165) is 5.71 Å². The molecular weight excluding hydrogens is 124 g/mol. The highest BCUT2D eigenvalue weighted by Gasteiger charge is 1.75. The van der Waals surface area contributed by atoms with Crippen LogP contribution in [0.4, 0.5) is 0 Å². The predicted octanol–water partition coefficient (Wildman–Crippen LogP) is 2.06. The molecule has 0 heterocycles. The molecule has 0 bridgehead atoms. The van der Waals surface area contributed by atoms with Gasteiger partial charge >= 0.3 is 0 Å². The first-order valence-electron chi connectivity index (χ1n) is 3.03. The molecule has 0 amide bonds. The van der Waals surface area contributed by atoms with E-state index < -0.39 is 0 Å². The fourth-order valence-corrected chi connectivity index (χ4v) is 0.472. The van der Waals surface area contributed by atoms with E-state index in [1.165, 1.54) is 12.3 Å². The second-order valence-corrected chi connectivity index (χ2v) is 1.72. The molecule has 0 atom stereocenters. The molecule has 0 aliphatic rings. The molecule has 0 unspecified atom stereocenters. The summed E-state index contributed by atoms with van der Waals surface area (Å²) >= 11 is 0. The third-order valence-corrected chi connectivity index (χ3v) is 0.835. The molecule has 0 aromatic heterocycles. The number of aliphatic imine (C=N–C) groups is 1. The lowest BCUT2D eigenvalue weighted by atomic mass is 10.4. The molecule has 2 nitrogen and oxygen atoms in total. The Morgan fingerprint density at radius 3 is 2.80 bits per heavy atom. The quantitative estimate of drug-likeness (QED) is 0.420. The molecule has 10 heavy (non-hydrogen) atoms. The molecule has 0 saturated heterocycles. The Balaban J connectivity index is 3.94. The lowest BCUT2D eigenvalue weighted by Crippen LogP contribution is -1.79. The topological polar surface area (TPSA) is 36.1 Å². The van der Waals surface area contributed by atoms with Crippen molar-refractivity contribution in [1.29, 1.82) is 5.26 Å². The molecule has 0 rings (SSSR count). The van der Waals surface area contributed by atoms with Gasteiger partial charge in [-0.25, -0.2) is 0 Å². The molecule has 0 spiro atoms. The summed E-state index contributed by atoms with van der Waals surface area (Å²) in [5, 5.41) is 8.08. The number of allylic oxidation sites excluding steroid dienone is 3. The van der Waals surface area contributed by atoms with Crippen LogP contribution in [0.1, 0.15) is 13.8 Å². The standard InChI is InChI=1S/C8H10N2/c1-3-5-8(2)10-7-4-6-9/h3-5,7H,1-2H3/b5-3+,7-4+,10-8+. The van der Waals surface area contributed by atoms with E-state index in [-0.39, 0.29) is 0 Å². The van der Waals surface area contributed by atoms with E-state index in [9.17, 15) is 0 Å². The summed E-state index contributed by atoms with van der Waals surface area (Å²) in [5.74, 6) is 0. The largest absolute Gasteiger partial charge is 0.261 e. The summed E-state index contributed by atoms with van der Waals surface area (Å²) in [6, 6.07) is 1.85. The van der Waals surface area contributed by atoms with Crippen molar-refractivity contribution in [3.05, 3.63) is 24.4 Å². The number of nitriles is 1. The van der Waals surface area contributed by atoms with Gasteiger partial charge in [-0.2, -0.15) is 5.26 Å². The van der Waals surface area contributed by atoms with Crippen molar-refractivity contribution in [3.63, 3.8) is 0 Å². The van der Waals surface area contributed by atoms with Crippen LogP contribution < -0.4 is 0 Å². The Morgan fingerprint density at radius 1 is 1.60 bits per heavy atom. The molecule has 0 fully saturated rings. The number of hydrogen-bond acceptors (Lipinski definition) is 2. The van der Waals surface area contributed by atoms with Gasteiger partial charge in [0.05, 0.1) is 6.07 Å². The van der Waals surface area contributed by atoms with E-state index >= 15 is 0 Å². The summed E-state index contributed by atoms with van der Waals surface area (Å²) in [6.07, 6.45) is 6.60. The average molecular weight is 134 g/mol. The maximum atomic E-state index is 8.08. The van der Waals surface area contributed by atoms with Crippen molar-refractivity contribution in [2.75, 3.05) is 0 Å². The van der Waals surface area contributed by atoms with Crippen molar-refractivity contribution in [2.24, 2.45) is 4.99 Å². The first-order valence-corrected chi connectivity index (χ1v) is 3.03. The number of hydrogen-bond donors (Lipinski definition) is 0. The highest BCUT2D eigenvalue weighted by atomic mass is 14.7. The van der Waals surface area contributed by atoms with Gasteiger partial charge in [-0.05, 0) is 19.9 Å². The summed E-state index contributed by atoms with van der Waals surface area (Å²) < 4.78 is 0. The Morgan fingerprint density at radius 2 is 2.30 bits per heavy atom. The maximum Gasteiger partial charge on any atom is 0.0928 e. The Bertz CT molecular complexity index is 204. The van der Waals surface area contributed by atoms with Gasteiger partial charge in [0, 0.05) is 18.0 Å². The zero-order valence-corrected chi connectivity index (χ0v) is 6.20. The third-order valence-electron chi connectivity index (χ3n) is 0.835. The highest BCUT2D eigenvalue weighted by molar-refractivity contribution is 5.93. The normalized spacial score (nSPS) is 12.7. The molecule has 2 heteroatoms. The second-order valence-electron chi connectivity index (χ2n) is 1.72. The minimum Gasteiger partial charge on any atom is -0.261 e. The van der Waals surface area contributed by atoms with Crippen LogP contribution >= 0.6 is 0 Å². The number of nitrogens with zero attached hydrogens (tertiary/aromatic N) is 2. The Kier molecular flexibility index (Phi) is 4.99. The molecular formula is C8H10N2. The van der Waals surface area contributed by atoms with E-state index in [4.69, 9.17) is 5.26 Å². The monoisotopic (exact) mass is 134 g/mol. The molecule has 0 aromatic carbocycles. The van der Waals surface area contributed by atoms with Crippen LogP contribution in [0.2, 0.25) is 0 Å². The van der Waals surface area contributed by atoms with Crippen LogP contribution in [-0.4, -0.2) is 5.71 Å².